The highest BCUT2D eigenvalue weighted by Gasteiger charge is 2.25. The van der Waals surface area contributed by atoms with Crippen molar-refractivity contribution in [3.05, 3.63) is 58.9 Å². The van der Waals surface area contributed by atoms with Crippen LogP contribution < -0.4 is 10.1 Å². The lowest BCUT2D eigenvalue weighted by Gasteiger charge is -2.31. The number of carbonyl (C=O) groups is 1. The molecule has 1 N–H and O–H groups in total. The minimum Gasteiger partial charge on any atom is -0.483 e. The van der Waals surface area contributed by atoms with E-state index >= 15 is 0 Å². The number of rotatable bonds is 6. The van der Waals surface area contributed by atoms with Crippen LogP contribution >= 0.6 is 11.6 Å². The molecule has 0 spiro atoms. The standard InChI is InChI=1S/C21H26ClN3O2/c1-16-13-17(22)7-8-20(16)27-15-21(26)25(14-18-5-2-3-11-24-18)19-6-4-10-23-12-9-19/h2-3,5,7-8,11,13,19,23H,4,6,9-10,12,14-15H2,1H3. The molecule has 1 aliphatic heterocycles. The lowest BCUT2D eigenvalue weighted by atomic mass is 10.1. The Hall–Kier alpha value is -2.11. The largest absolute Gasteiger partial charge is 0.483 e. The molecule has 3 rings (SSSR count). The number of nitrogens with zero attached hydrogens (tertiary/aromatic N) is 2. The number of amides is 1. The Labute approximate surface area is 165 Å². The van der Waals surface area contributed by atoms with Crippen molar-refractivity contribution in [2.75, 3.05) is 19.7 Å². The van der Waals surface area contributed by atoms with Gasteiger partial charge in [0.25, 0.3) is 5.91 Å². The highest BCUT2D eigenvalue weighted by atomic mass is 35.5. The highest BCUT2D eigenvalue weighted by Crippen LogP contribution is 2.22. The molecule has 2 heterocycles. The summed E-state index contributed by atoms with van der Waals surface area (Å²) in [6.07, 6.45) is 4.76. The Morgan fingerprint density at radius 3 is 2.96 bits per heavy atom. The van der Waals surface area contributed by atoms with Gasteiger partial charge < -0.3 is 15.0 Å². The van der Waals surface area contributed by atoms with Crippen LogP contribution in [0.15, 0.2) is 42.6 Å². The van der Waals surface area contributed by atoms with Gasteiger partial charge in [0.15, 0.2) is 6.61 Å². The van der Waals surface area contributed by atoms with E-state index in [0.29, 0.717) is 17.3 Å². The van der Waals surface area contributed by atoms with Gasteiger partial charge in [0.05, 0.1) is 12.2 Å². The van der Waals surface area contributed by atoms with Crippen molar-refractivity contribution in [3.63, 3.8) is 0 Å². The zero-order chi connectivity index (χ0) is 19.1. The van der Waals surface area contributed by atoms with Gasteiger partial charge in [-0.25, -0.2) is 0 Å². The predicted octanol–water partition coefficient (Wildman–Crippen LogP) is 3.59. The van der Waals surface area contributed by atoms with Crippen molar-refractivity contribution in [2.24, 2.45) is 0 Å². The highest BCUT2D eigenvalue weighted by molar-refractivity contribution is 6.30. The molecule has 6 heteroatoms. The Morgan fingerprint density at radius 1 is 1.30 bits per heavy atom. The van der Waals surface area contributed by atoms with Gasteiger partial charge >= 0.3 is 0 Å². The third-order valence-electron chi connectivity index (χ3n) is 4.85. The molecular formula is C21H26ClN3O2. The van der Waals surface area contributed by atoms with Crippen molar-refractivity contribution in [1.82, 2.24) is 15.2 Å². The number of benzene rings is 1. The van der Waals surface area contributed by atoms with Crippen molar-refractivity contribution in [2.45, 2.75) is 38.8 Å². The first-order valence-corrected chi connectivity index (χ1v) is 9.80. The van der Waals surface area contributed by atoms with E-state index in [4.69, 9.17) is 16.3 Å². The van der Waals surface area contributed by atoms with E-state index in [9.17, 15) is 4.79 Å². The third-order valence-corrected chi connectivity index (χ3v) is 5.09. The van der Waals surface area contributed by atoms with Crippen LogP contribution in [0, 0.1) is 6.92 Å². The Balaban J connectivity index is 1.71. The number of aryl methyl sites for hydroxylation is 1. The molecule has 1 aromatic heterocycles. The van der Waals surface area contributed by atoms with E-state index in [1.807, 2.05) is 42.2 Å². The molecule has 2 aromatic rings. The van der Waals surface area contributed by atoms with Crippen LogP contribution in [0.25, 0.3) is 0 Å². The molecule has 1 unspecified atom stereocenters. The van der Waals surface area contributed by atoms with Crippen LogP contribution in [0.2, 0.25) is 5.02 Å². The molecule has 0 saturated carbocycles. The van der Waals surface area contributed by atoms with Crippen LogP contribution in [0.3, 0.4) is 0 Å². The minimum absolute atomic E-state index is 0.0121. The van der Waals surface area contributed by atoms with E-state index in [-0.39, 0.29) is 18.6 Å². The fourth-order valence-corrected chi connectivity index (χ4v) is 3.62. The zero-order valence-corrected chi connectivity index (χ0v) is 16.4. The topological polar surface area (TPSA) is 54.5 Å². The van der Waals surface area contributed by atoms with E-state index in [0.717, 1.165) is 43.6 Å². The fourth-order valence-electron chi connectivity index (χ4n) is 3.40. The van der Waals surface area contributed by atoms with Gasteiger partial charge in [-0.1, -0.05) is 17.7 Å². The molecule has 0 bridgehead atoms. The average molecular weight is 388 g/mol. The summed E-state index contributed by atoms with van der Waals surface area (Å²) in [5, 5.41) is 4.07. The van der Waals surface area contributed by atoms with E-state index in [1.54, 1.807) is 12.3 Å². The van der Waals surface area contributed by atoms with E-state index in [1.165, 1.54) is 0 Å². The molecular weight excluding hydrogens is 362 g/mol. The second kappa shape index (κ2) is 9.72. The quantitative estimate of drug-likeness (QED) is 0.822. The lowest BCUT2D eigenvalue weighted by molar-refractivity contribution is -0.136. The summed E-state index contributed by atoms with van der Waals surface area (Å²) in [6, 6.07) is 11.4. The number of nitrogens with one attached hydrogen (secondary N) is 1. The summed E-state index contributed by atoms with van der Waals surface area (Å²) >= 11 is 5.99. The number of hydrogen-bond donors (Lipinski definition) is 1. The average Bonchev–Trinajstić information content (AvgIpc) is 2.95. The van der Waals surface area contributed by atoms with Gasteiger partial charge in [-0.05, 0) is 75.2 Å². The SMILES string of the molecule is Cc1cc(Cl)ccc1OCC(=O)N(Cc1ccccn1)C1CCCNCC1. The maximum absolute atomic E-state index is 13.0. The molecule has 5 nitrogen and oxygen atoms in total. The molecule has 0 radical (unpaired) electrons. The maximum Gasteiger partial charge on any atom is 0.261 e. The third kappa shape index (κ3) is 5.68. The van der Waals surface area contributed by atoms with Gasteiger partial charge in [0.2, 0.25) is 0 Å². The Bertz CT molecular complexity index is 746. The summed E-state index contributed by atoms with van der Waals surface area (Å²) < 4.78 is 5.81. The van der Waals surface area contributed by atoms with Crippen molar-refractivity contribution in [1.29, 1.82) is 0 Å². The first kappa shape index (κ1) is 19.6. The number of carbonyl (C=O) groups excluding carboxylic acids is 1. The summed E-state index contributed by atoms with van der Waals surface area (Å²) in [6.45, 7) is 4.37. The van der Waals surface area contributed by atoms with Gasteiger partial charge in [-0.3, -0.25) is 9.78 Å². The van der Waals surface area contributed by atoms with Crippen molar-refractivity contribution < 1.29 is 9.53 Å². The van der Waals surface area contributed by atoms with Crippen LogP contribution in [-0.2, 0) is 11.3 Å². The number of aromatic nitrogens is 1. The monoisotopic (exact) mass is 387 g/mol. The second-order valence-corrected chi connectivity index (χ2v) is 7.31. The molecule has 1 atom stereocenters. The summed E-state index contributed by atoms with van der Waals surface area (Å²) in [4.78, 5) is 19.4. The van der Waals surface area contributed by atoms with Crippen LogP contribution in [0.1, 0.15) is 30.5 Å². The van der Waals surface area contributed by atoms with E-state index in [2.05, 4.69) is 10.3 Å². The van der Waals surface area contributed by atoms with Gasteiger partial charge in [0, 0.05) is 17.3 Å². The van der Waals surface area contributed by atoms with Crippen LogP contribution in [0.4, 0.5) is 0 Å². The molecule has 1 aromatic carbocycles. The molecule has 1 saturated heterocycles. The van der Waals surface area contributed by atoms with E-state index < -0.39 is 0 Å². The second-order valence-electron chi connectivity index (χ2n) is 6.88. The molecule has 27 heavy (non-hydrogen) atoms. The first-order valence-electron chi connectivity index (χ1n) is 9.42. The molecule has 0 aliphatic carbocycles. The molecule has 1 aliphatic rings. The predicted molar refractivity (Wildman–Crippen MR) is 107 cm³/mol. The van der Waals surface area contributed by atoms with Gasteiger partial charge in [-0.2, -0.15) is 0 Å². The summed E-state index contributed by atoms with van der Waals surface area (Å²) in [5.41, 5.74) is 1.82. The Kier molecular flexibility index (Phi) is 7.07. The first-order chi connectivity index (χ1) is 13.1. The van der Waals surface area contributed by atoms with Gasteiger partial charge in [0.1, 0.15) is 5.75 Å². The molecule has 144 valence electrons. The fraction of sp³-hybridized carbons (Fsp3) is 0.429. The summed E-state index contributed by atoms with van der Waals surface area (Å²) in [7, 11) is 0. The zero-order valence-electron chi connectivity index (χ0n) is 15.7. The number of ether oxygens (including phenoxy) is 1. The van der Waals surface area contributed by atoms with Crippen LogP contribution in [-0.4, -0.2) is 41.5 Å². The number of halogens is 1. The lowest BCUT2D eigenvalue weighted by Crippen LogP contribution is -2.43. The minimum atomic E-state index is -0.0121. The Morgan fingerprint density at radius 2 is 2.19 bits per heavy atom. The maximum atomic E-state index is 13.0. The van der Waals surface area contributed by atoms with Gasteiger partial charge in [-0.15, -0.1) is 0 Å². The van der Waals surface area contributed by atoms with Crippen molar-refractivity contribution in [3.8, 4) is 5.75 Å². The van der Waals surface area contributed by atoms with Crippen LogP contribution in [0.5, 0.6) is 5.75 Å². The number of pyridine rings is 1. The molecule has 1 amide bonds. The summed E-state index contributed by atoms with van der Waals surface area (Å²) in [5.74, 6) is 0.676. The smallest absolute Gasteiger partial charge is 0.261 e. The molecule has 1 fully saturated rings. The normalized spacial score (nSPS) is 17.2. The van der Waals surface area contributed by atoms with Crippen molar-refractivity contribution >= 4 is 17.5 Å². The number of hydrogen-bond acceptors (Lipinski definition) is 4.